The van der Waals surface area contributed by atoms with Gasteiger partial charge in [0.2, 0.25) is 5.72 Å². The van der Waals surface area contributed by atoms with Crippen LogP contribution in [0.5, 0.6) is 11.5 Å². The van der Waals surface area contributed by atoms with Gasteiger partial charge in [0.25, 0.3) is 0 Å². The Kier molecular flexibility index (Phi) is 5.14. The molecule has 29 heavy (non-hydrogen) atoms. The Labute approximate surface area is 163 Å². The highest BCUT2D eigenvalue weighted by atomic mass is 19.4. The van der Waals surface area contributed by atoms with Gasteiger partial charge in [-0.05, 0) is 42.0 Å². The predicted octanol–water partition coefficient (Wildman–Crippen LogP) is 2.50. The molecule has 0 unspecified atom stereocenters. The number of amides is 2. The standard InChI is InChI=1S/C19H17F3N2O5/c1-29-13-8-4-11(5-9-13)16(26)14-15(10-2-6-12(25)7-3-10)23-17(27)24-18(14,28)19(20,21)22/h2-9,14-15,25,28H,1H3,(H2,23,24,27)/t14-,15+,18+/m1/s1. The predicted molar refractivity (Wildman–Crippen MR) is 94.3 cm³/mol. The summed E-state index contributed by atoms with van der Waals surface area (Å²) in [6.07, 6.45) is -5.34. The lowest BCUT2D eigenvalue weighted by atomic mass is 9.77. The SMILES string of the molecule is COc1ccc(C(=O)[C@H]2[C@H](c3ccc(O)cc3)NC(=O)N[C@@]2(O)C(F)(F)F)cc1. The molecule has 1 heterocycles. The van der Waals surface area contributed by atoms with E-state index in [2.05, 4.69) is 5.32 Å². The molecule has 0 aliphatic carbocycles. The molecule has 3 atom stereocenters. The molecule has 1 fully saturated rings. The minimum absolute atomic E-state index is 0.104. The molecule has 10 heteroatoms. The van der Waals surface area contributed by atoms with E-state index in [9.17, 15) is 33.0 Å². The summed E-state index contributed by atoms with van der Waals surface area (Å²) < 4.78 is 46.3. The number of ether oxygens (including phenoxy) is 1. The number of phenolic OH excluding ortho intramolecular Hbond substituents is 1. The second-order valence-corrected chi connectivity index (χ2v) is 6.50. The topological polar surface area (TPSA) is 108 Å². The van der Waals surface area contributed by atoms with E-state index in [1.807, 2.05) is 0 Å². The van der Waals surface area contributed by atoms with E-state index in [1.54, 1.807) is 0 Å². The van der Waals surface area contributed by atoms with Gasteiger partial charge in [0.05, 0.1) is 13.2 Å². The second kappa shape index (κ2) is 7.28. The van der Waals surface area contributed by atoms with Crippen LogP contribution in [0.25, 0.3) is 0 Å². The summed E-state index contributed by atoms with van der Waals surface area (Å²) in [7, 11) is 1.39. The number of rotatable bonds is 4. The average molecular weight is 410 g/mol. The summed E-state index contributed by atoms with van der Waals surface area (Å²) in [6, 6.07) is 7.44. The van der Waals surface area contributed by atoms with E-state index < -0.39 is 35.7 Å². The van der Waals surface area contributed by atoms with Crippen LogP contribution in [0.1, 0.15) is 22.0 Å². The smallest absolute Gasteiger partial charge is 0.437 e. The third-order valence-electron chi connectivity index (χ3n) is 4.72. The van der Waals surface area contributed by atoms with Gasteiger partial charge in [0.15, 0.2) is 5.78 Å². The Hall–Kier alpha value is -3.27. The number of carbonyl (C=O) groups is 2. The zero-order valence-corrected chi connectivity index (χ0v) is 15.0. The quantitative estimate of drug-likeness (QED) is 0.580. The first kappa shape index (κ1) is 20.5. The molecular weight excluding hydrogens is 393 g/mol. The first-order valence-electron chi connectivity index (χ1n) is 8.42. The maximum absolute atomic E-state index is 13.8. The lowest BCUT2D eigenvalue weighted by Crippen LogP contribution is -2.72. The molecule has 0 aromatic heterocycles. The van der Waals surface area contributed by atoms with Crippen molar-refractivity contribution in [2.75, 3.05) is 7.11 Å². The number of aromatic hydroxyl groups is 1. The summed E-state index contributed by atoms with van der Waals surface area (Å²) in [5, 5.41) is 23.6. The van der Waals surface area contributed by atoms with Gasteiger partial charge in [0, 0.05) is 5.56 Å². The molecule has 2 amide bonds. The van der Waals surface area contributed by atoms with Crippen molar-refractivity contribution < 1.29 is 37.7 Å². The summed E-state index contributed by atoms with van der Waals surface area (Å²) >= 11 is 0. The highest BCUT2D eigenvalue weighted by Crippen LogP contribution is 2.44. The van der Waals surface area contributed by atoms with E-state index in [0.29, 0.717) is 5.75 Å². The van der Waals surface area contributed by atoms with Crippen molar-refractivity contribution in [1.29, 1.82) is 0 Å². The van der Waals surface area contributed by atoms with Gasteiger partial charge in [-0.3, -0.25) is 4.79 Å². The third-order valence-corrected chi connectivity index (χ3v) is 4.72. The highest BCUT2D eigenvalue weighted by Gasteiger charge is 2.66. The molecule has 1 aliphatic heterocycles. The normalized spacial score (nSPS) is 24.4. The summed E-state index contributed by atoms with van der Waals surface area (Å²) in [5.74, 6) is -2.95. The first-order chi connectivity index (χ1) is 13.6. The van der Waals surface area contributed by atoms with Gasteiger partial charge < -0.3 is 25.6 Å². The van der Waals surface area contributed by atoms with Crippen molar-refractivity contribution in [3.8, 4) is 11.5 Å². The number of alkyl halides is 3. The van der Waals surface area contributed by atoms with Gasteiger partial charge in [0.1, 0.15) is 17.4 Å². The molecule has 0 spiro atoms. The van der Waals surface area contributed by atoms with Crippen LogP contribution in [-0.4, -0.2) is 41.0 Å². The fourth-order valence-corrected chi connectivity index (χ4v) is 3.23. The van der Waals surface area contributed by atoms with Crippen LogP contribution in [0.4, 0.5) is 18.0 Å². The summed E-state index contributed by atoms with van der Waals surface area (Å²) in [4.78, 5) is 25.0. The largest absolute Gasteiger partial charge is 0.508 e. The summed E-state index contributed by atoms with van der Waals surface area (Å²) in [6.45, 7) is 0. The Morgan fingerprint density at radius 3 is 2.21 bits per heavy atom. The monoisotopic (exact) mass is 410 g/mol. The average Bonchev–Trinajstić information content (AvgIpc) is 2.67. The number of aliphatic hydroxyl groups is 1. The van der Waals surface area contributed by atoms with Crippen LogP contribution < -0.4 is 15.4 Å². The number of ketones is 1. The Bertz CT molecular complexity index is 915. The highest BCUT2D eigenvalue weighted by molar-refractivity contribution is 6.00. The van der Waals surface area contributed by atoms with Gasteiger partial charge in [-0.1, -0.05) is 12.1 Å². The molecule has 7 nitrogen and oxygen atoms in total. The lowest BCUT2D eigenvalue weighted by Gasteiger charge is -2.45. The van der Waals surface area contributed by atoms with Crippen LogP contribution in [0.3, 0.4) is 0 Å². The van der Waals surface area contributed by atoms with Crippen LogP contribution in [0, 0.1) is 5.92 Å². The second-order valence-electron chi connectivity index (χ2n) is 6.50. The van der Waals surface area contributed by atoms with Crippen molar-refractivity contribution in [2.24, 2.45) is 5.92 Å². The Morgan fingerprint density at radius 2 is 1.69 bits per heavy atom. The van der Waals surface area contributed by atoms with E-state index >= 15 is 0 Å². The van der Waals surface area contributed by atoms with E-state index in [-0.39, 0.29) is 16.9 Å². The maximum Gasteiger partial charge on any atom is 0.437 e. The lowest BCUT2D eigenvalue weighted by molar-refractivity contribution is -0.287. The fourth-order valence-electron chi connectivity index (χ4n) is 3.23. The zero-order valence-electron chi connectivity index (χ0n) is 15.0. The number of methoxy groups -OCH3 is 1. The molecule has 3 rings (SSSR count). The molecule has 0 bridgehead atoms. The number of hydrogen-bond donors (Lipinski definition) is 4. The molecule has 1 saturated heterocycles. The molecule has 0 radical (unpaired) electrons. The molecular formula is C19H17F3N2O5. The van der Waals surface area contributed by atoms with Gasteiger partial charge in [-0.15, -0.1) is 0 Å². The van der Waals surface area contributed by atoms with Gasteiger partial charge >= 0.3 is 12.2 Å². The Balaban J connectivity index is 2.13. The third kappa shape index (κ3) is 3.70. The fraction of sp³-hybridized carbons (Fsp3) is 0.263. The van der Waals surface area contributed by atoms with Crippen LogP contribution in [-0.2, 0) is 0 Å². The van der Waals surface area contributed by atoms with Crippen LogP contribution in [0.2, 0.25) is 0 Å². The number of urea groups is 1. The minimum atomic E-state index is -5.34. The molecule has 2 aromatic carbocycles. The van der Waals surface area contributed by atoms with Crippen molar-refractivity contribution >= 4 is 11.8 Å². The minimum Gasteiger partial charge on any atom is -0.508 e. The van der Waals surface area contributed by atoms with Crippen molar-refractivity contribution in [3.05, 3.63) is 59.7 Å². The van der Waals surface area contributed by atoms with Crippen molar-refractivity contribution in [1.82, 2.24) is 10.6 Å². The molecule has 2 aromatic rings. The molecule has 154 valence electrons. The number of carbonyl (C=O) groups excluding carboxylic acids is 2. The Morgan fingerprint density at radius 1 is 1.10 bits per heavy atom. The molecule has 4 N–H and O–H groups in total. The zero-order chi connectivity index (χ0) is 21.4. The van der Waals surface area contributed by atoms with Gasteiger partial charge in [-0.2, -0.15) is 13.2 Å². The number of hydrogen-bond acceptors (Lipinski definition) is 5. The van der Waals surface area contributed by atoms with E-state index in [0.717, 1.165) is 0 Å². The van der Waals surface area contributed by atoms with E-state index in [4.69, 9.17) is 4.74 Å². The number of halogens is 3. The molecule has 1 aliphatic rings. The maximum atomic E-state index is 13.8. The first-order valence-corrected chi connectivity index (χ1v) is 8.42. The van der Waals surface area contributed by atoms with Gasteiger partial charge in [-0.25, -0.2) is 4.79 Å². The number of nitrogens with one attached hydrogen (secondary N) is 2. The van der Waals surface area contributed by atoms with Crippen LogP contribution in [0.15, 0.2) is 48.5 Å². The number of benzene rings is 2. The van der Waals surface area contributed by atoms with Crippen molar-refractivity contribution in [2.45, 2.75) is 17.9 Å². The number of Topliss-reactive ketones (excluding diaryl/α,β-unsaturated/α-hetero) is 1. The molecule has 0 saturated carbocycles. The van der Waals surface area contributed by atoms with Crippen molar-refractivity contribution in [3.63, 3.8) is 0 Å². The number of phenols is 1. The van der Waals surface area contributed by atoms with Crippen LogP contribution >= 0.6 is 0 Å². The summed E-state index contributed by atoms with van der Waals surface area (Å²) in [5.41, 5.74) is -3.82. The van der Waals surface area contributed by atoms with E-state index in [1.165, 1.54) is 61.0 Å².